The minimum atomic E-state index is -1.50. The van der Waals surface area contributed by atoms with Crippen LogP contribution in [0.25, 0.3) is 0 Å². The third-order valence-electron chi connectivity index (χ3n) is 6.04. The number of ether oxygens (including phenoxy) is 1. The highest BCUT2D eigenvalue weighted by molar-refractivity contribution is 6.04. The Kier molecular flexibility index (Phi) is 7.13. The number of benzene rings is 1. The number of hydrogen-bond acceptors (Lipinski definition) is 7. The highest BCUT2D eigenvalue weighted by Gasteiger charge is 2.45. The quantitative estimate of drug-likeness (QED) is 0.436. The molecule has 0 bridgehead atoms. The number of aryl methyl sites for hydroxylation is 1. The van der Waals surface area contributed by atoms with Crippen LogP contribution in [0.1, 0.15) is 51.4 Å². The Labute approximate surface area is 219 Å². The molecule has 0 spiro atoms. The number of aromatic nitrogens is 4. The van der Waals surface area contributed by atoms with E-state index in [2.05, 4.69) is 25.7 Å². The number of amides is 1. The number of halogens is 3. The summed E-state index contributed by atoms with van der Waals surface area (Å²) < 4.78 is 48.0. The van der Waals surface area contributed by atoms with Gasteiger partial charge in [0.1, 0.15) is 11.7 Å². The van der Waals surface area contributed by atoms with Crippen LogP contribution < -0.4 is 15.5 Å². The van der Waals surface area contributed by atoms with E-state index in [1.165, 1.54) is 4.68 Å². The van der Waals surface area contributed by atoms with Crippen LogP contribution in [0, 0.1) is 24.4 Å². The van der Waals surface area contributed by atoms with Crippen LogP contribution in [0.15, 0.2) is 24.5 Å². The van der Waals surface area contributed by atoms with Crippen molar-refractivity contribution in [1.29, 1.82) is 0 Å². The average molecular weight is 532 g/mol. The lowest BCUT2D eigenvalue weighted by atomic mass is 9.93. The van der Waals surface area contributed by atoms with Crippen LogP contribution in [0.4, 0.5) is 30.6 Å². The van der Waals surface area contributed by atoms with Crippen molar-refractivity contribution in [3.05, 3.63) is 58.8 Å². The molecule has 4 rings (SSSR count). The number of anilines is 3. The summed E-state index contributed by atoms with van der Waals surface area (Å²) in [6.45, 7) is 11.8. The molecule has 1 aromatic carbocycles. The largest absolute Gasteiger partial charge is 0.367 e. The van der Waals surface area contributed by atoms with Crippen molar-refractivity contribution in [3.63, 3.8) is 0 Å². The molecular weight excluding hydrogens is 499 g/mol. The summed E-state index contributed by atoms with van der Waals surface area (Å²) in [5.41, 5.74) is 0.885. The molecule has 0 radical (unpaired) electrons. The maximum absolute atomic E-state index is 13.5. The predicted molar refractivity (Wildman–Crippen MR) is 137 cm³/mol. The van der Waals surface area contributed by atoms with Gasteiger partial charge >= 0.3 is 0 Å². The van der Waals surface area contributed by atoms with Gasteiger partial charge in [0.2, 0.25) is 11.9 Å². The average Bonchev–Trinajstić information content (AvgIpc) is 3.22. The lowest BCUT2D eigenvalue weighted by Crippen LogP contribution is -2.60. The standard InChI is InChI=1S/C26H32F3N7O2/c1-14-20-22(35(7)21(23(37)33-20)26(5,6)38-25(2,3)4)34-24(32-14)30-10-16-11-31-36(13-16)12-15-8-17(27)19(29)18(28)9-15/h8-9,11,13,21H,10,12H2,1-7H3,(H,33,37)(H,30,32,34)/t21-/m1/s1. The molecule has 1 atom stereocenters. The van der Waals surface area contributed by atoms with E-state index in [9.17, 15) is 18.0 Å². The molecule has 0 saturated carbocycles. The van der Waals surface area contributed by atoms with E-state index >= 15 is 0 Å². The first-order valence-corrected chi connectivity index (χ1v) is 12.2. The second-order valence-corrected chi connectivity index (χ2v) is 10.9. The summed E-state index contributed by atoms with van der Waals surface area (Å²) in [4.78, 5) is 24.0. The molecule has 204 valence electrons. The number of likely N-dealkylation sites (N-methyl/N-ethyl adjacent to an activating group) is 1. The van der Waals surface area contributed by atoms with Crippen molar-refractivity contribution in [2.75, 3.05) is 22.6 Å². The highest BCUT2D eigenvalue weighted by Crippen LogP contribution is 2.37. The predicted octanol–water partition coefficient (Wildman–Crippen LogP) is 4.41. The van der Waals surface area contributed by atoms with Gasteiger partial charge in [-0.1, -0.05) is 0 Å². The topological polar surface area (TPSA) is 97.2 Å². The fraction of sp³-hybridized carbons (Fsp3) is 0.462. The number of nitrogens with one attached hydrogen (secondary N) is 2. The normalized spacial score (nSPS) is 15.9. The summed E-state index contributed by atoms with van der Waals surface area (Å²) in [6, 6.07) is 1.26. The Morgan fingerprint density at radius 1 is 1.08 bits per heavy atom. The van der Waals surface area contributed by atoms with Crippen LogP contribution in [0.5, 0.6) is 0 Å². The molecule has 1 amide bonds. The van der Waals surface area contributed by atoms with Gasteiger partial charge in [0.25, 0.3) is 0 Å². The zero-order valence-corrected chi connectivity index (χ0v) is 22.5. The summed E-state index contributed by atoms with van der Waals surface area (Å²) >= 11 is 0. The van der Waals surface area contributed by atoms with E-state index in [-0.39, 0.29) is 18.0 Å². The van der Waals surface area contributed by atoms with Crippen molar-refractivity contribution in [3.8, 4) is 0 Å². The maximum Gasteiger partial charge on any atom is 0.250 e. The maximum atomic E-state index is 13.5. The molecule has 9 nitrogen and oxygen atoms in total. The van der Waals surface area contributed by atoms with Crippen molar-refractivity contribution in [1.82, 2.24) is 19.7 Å². The first-order valence-electron chi connectivity index (χ1n) is 12.2. The van der Waals surface area contributed by atoms with Crippen molar-refractivity contribution >= 4 is 23.4 Å². The molecule has 0 fully saturated rings. The first-order chi connectivity index (χ1) is 17.6. The molecule has 0 unspecified atom stereocenters. The second-order valence-electron chi connectivity index (χ2n) is 10.9. The molecule has 2 N–H and O–H groups in total. The fourth-order valence-electron chi connectivity index (χ4n) is 4.81. The summed E-state index contributed by atoms with van der Waals surface area (Å²) in [5, 5.41) is 10.3. The van der Waals surface area contributed by atoms with Crippen molar-refractivity contribution in [2.24, 2.45) is 0 Å². The van der Waals surface area contributed by atoms with E-state index in [4.69, 9.17) is 4.74 Å². The zero-order chi connectivity index (χ0) is 28.0. The van der Waals surface area contributed by atoms with Crippen LogP contribution in [-0.4, -0.2) is 49.9 Å². The van der Waals surface area contributed by atoms with E-state index in [0.29, 0.717) is 29.7 Å². The van der Waals surface area contributed by atoms with Gasteiger partial charge in [-0.3, -0.25) is 9.48 Å². The third kappa shape index (κ3) is 5.74. The van der Waals surface area contributed by atoms with Gasteiger partial charge < -0.3 is 20.3 Å². The zero-order valence-electron chi connectivity index (χ0n) is 22.5. The number of nitrogens with zero attached hydrogens (tertiary/aromatic N) is 5. The number of carbonyl (C=O) groups is 1. The number of fused-ring (bicyclic) bond motifs is 1. The van der Waals surface area contributed by atoms with Crippen LogP contribution in [0.3, 0.4) is 0 Å². The van der Waals surface area contributed by atoms with Crippen LogP contribution in [0.2, 0.25) is 0 Å². The van der Waals surface area contributed by atoms with Gasteiger partial charge in [0.15, 0.2) is 23.3 Å². The van der Waals surface area contributed by atoms with E-state index in [0.717, 1.165) is 17.7 Å². The van der Waals surface area contributed by atoms with E-state index < -0.39 is 34.7 Å². The Morgan fingerprint density at radius 2 is 1.74 bits per heavy atom. The van der Waals surface area contributed by atoms with Crippen LogP contribution >= 0.6 is 0 Å². The third-order valence-corrected chi connectivity index (χ3v) is 6.04. The Bertz CT molecular complexity index is 1340. The van der Waals surface area contributed by atoms with Crippen LogP contribution in [-0.2, 0) is 22.6 Å². The molecule has 3 aromatic rings. The molecule has 3 heterocycles. The Hall–Kier alpha value is -3.67. The Morgan fingerprint density at radius 3 is 2.37 bits per heavy atom. The first kappa shape index (κ1) is 27.4. The second kappa shape index (κ2) is 9.90. The minimum Gasteiger partial charge on any atom is -0.367 e. The number of hydrogen-bond donors (Lipinski definition) is 2. The molecule has 12 heteroatoms. The lowest BCUT2D eigenvalue weighted by Gasteiger charge is -2.45. The SMILES string of the molecule is Cc1nc(NCc2cnn(Cc3cc(F)c(F)c(F)c3)c2)nc2c1NC(=O)[C@H](C(C)(C)OC(C)(C)C)N2C. The molecule has 2 aromatic heterocycles. The monoisotopic (exact) mass is 531 g/mol. The van der Waals surface area contributed by atoms with E-state index in [1.807, 2.05) is 34.6 Å². The minimum absolute atomic E-state index is 0.0703. The summed E-state index contributed by atoms with van der Waals surface area (Å²) in [6.07, 6.45) is 3.30. The lowest BCUT2D eigenvalue weighted by molar-refractivity contribution is -0.142. The molecule has 0 aliphatic carbocycles. The summed E-state index contributed by atoms with van der Waals surface area (Å²) in [7, 11) is 1.80. The Balaban J connectivity index is 1.49. The van der Waals surface area contributed by atoms with E-state index in [1.54, 1.807) is 31.3 Å². The smallest absolute Gasteiger partial charge is 0.250 e. The number of rotatable bonds is 7. The van der Waals surface area contributed by atoms with Crippen molar-refractivity contribution < 1.29 is 22.7 Å². The highest BCUT2D eigenvalue weighted by atomic mass is 19.2. The van der Waals surface area contributed by atoms with Gasteiger partial charge in [-0.15, -0.1) is 0 Å². The molecule has 1 aliphatic heterocycles. The fourth-order valence-corrected chi connectivity index (χ4v) is 4.81. The van der Waals surface area contributed by atoms with Gasteiger partial charge in [0, 0.05) is 25.4 Å². The van der Waals surface area contributed by atoms with Gasteiger partial charge in [-0.25, -0.2) is 18.2 Å². The molecular formula is C26H32F3N7O2. The van der Waals surface area contributed by atoms with Gasteiger partial charge in [-0.2, -0.15) is 10.1 Å². The molecule has 38 heavy (non-hydrogen) atoms. The number of carbonyl (C=O) groups excluding carboxylic acids is 1. The van der Waals surface area contributed by atoms with Gasteiger partial charge in [-0.05, 0) is 59.2 Å². The summed E-state index contributed by atoms with van der Waals surface area (Å²) in [5.74, 6) is -3.27. The molecule has 0 saturated heterocycles. The molecule has 1 aliphatic rings. The van der Waals surface area contributed by atoms with Crippen molar-refractivity contribution in [2.45, 2.75) is 71.9 Å². The van der Waals surface area contributed by atoms with Gasteiger partial charge in [0.05, 0.1) is 29.6 Å².